The highest BCUT2D eigenvalue weighted by atomic mass is 19.4. The molecule has 37 heavy (non-hydrogen) atoms. The lowest BCUT2D eigenvalue weighted by molar-refractivity contribution is -0.141. The van der Waals surface area contributed by atoms with E-state index in [0.717, 1.165) is 18.9 Å². The van der Waals surface area contributed by atoms with Crippen molar-refractivity contribution in [2.75, 3.05) is 7.11 Å². The molecule has 1 atom stereocenters. The molecule has 2 aliphatic rings. The lowest BCUT2D eigenvalue weighted by atomic mass is 9.86. The summed E-state index contributed by atoms with van der Waals surface area (Å²) in [4.78, 5) is 33.1. The number of amides is 2. The fraction of sp³-hybridized carbons (Fsp3) is 0.440. The number of methoxy groups -OCH3 is 1. The molecule has 0 bridgehead atoms. The molecule has 0 radical (unpaired) electrons. The Morgan fingerprint density at radius 2 is 1.81 bits per heavy atom. The fourth-order valence-electron chi connectivity index (χ4n) is 4.39. The summed E-state index contributed by atoms with van der Waals surface area (Å²) < 4.78 is 50.8. The number of pyridine rings is 1. The van der Waals surface area contributed by atoms with Crippen molar-refractivity contribution >= 4 is 22.7 Å². The normalized spacial score (nSPS) is 20.3. The van der Waals surface area contributed by atoms with Gasteiger partial charge >= 0.3 is 6.18 Å². The van der Waals surface area contributed by atoms with E-state index >= 15 is 0 Å². The van der Waals surface area contributed by atoms with Gasteiger partial charge in [0.05, 0.1) is 13.2 Å². The Kier molecular flexibility index (Phi) is 6.30. The highest BCUT2D eigenvalue weighted by Crippen LogP contribution is 2.37. The van der Waals surface area contributed by atoms with Gasteiger partial charge < -0.3 is 25.5 Å². The predicted octanol–water partition coefficient (Wildman–Crippen LogP) is 3.72. The fourth-order valence-corrected chi connectivity index (χ4v) is 4.39. The molecule has 4 N–H and O–H groups in total. The number of ether oxygens (including phenoxy) is 1. The summed E-state index contributed by atoms with van der Waals surface area (Å²) in [6, 6.07) is 4.39. The second-order valence-electron chi connectivity index (χ2n) is 9.55. The number of benzene rings is 1. The van der Waals surface area contributed by atoms with Crippen molar-refractivity contribution in [1.29, 1.82) is 0 Å². The van der Waals surface area contributed by atoms with E-state index in [0.29, 0.717) is 23.8 Å². The average Bonchev–Trinajstić information content (AvgIpc) is 3.59. The number of carbonyl (C=O) groups excluding carboxylic acids is 2. The van der Waals surface area contributed by atoms with Gasteiger partial charge in [0.1, 0.15) is 17.0 Å². The number of halogens is 3. The van der Waals surface area contributed by atoms with E-state index in [2.05, 4.69) is 20.6 Å². The second kappa shape index (κ2) is 9.33. The molecule has 5 rings (SSSR count). The molecule has 2 amide bonds. The van der Waals surface area contributed by atoms with Gasteiger partial charge in [-0.15, -0.1) is 0 Å². The minimum absolute atomic E-state index is 0.000644. The number of oxazole rings is 1. The standard InChI is InChI=1S/C25H26F3N5O4/c1-11(29)21-20(23(35)31-14-9-13(10-14)30-22(34)12-3-4-12)33-24(37-21)16-5-7-17(36-2)19-15(16)6-8-18(32-19)25(26,27)28/h5-8,11-14H,3-4,9-10,29H2,1-2H3,(H,30,34)(H,31,35)/t11-,13-,14-/m0/s1. The molecule has 0 aliphatic heterocycles. The first-order chi connectivity index (χ1) is 17.5. The lowest BCUT2D eigenvalue weighted by Gasteiger charge is -2.36. The quantitative estimate of drug-likeness (QED) is 0.435. The van der Waals surface area contributed by atoms with Gasteiger partial charge in [-0.3, -0.25) is 9.59 Å². The van der Waals surface area contributed by atoms with Gasteiger partial charge in [0, 0.05) is 29.0 Å². The molecule has 2 aliphatic carbocycles. The van der Waals surface area contributed by atoms with Crippen LogP contribution in [0, 0.1) is 5.92 Å². The maximum atomic E-state index is 13.3. The summed E-state index contributed by atoms with van der Waals surface area (Å²) in [6.07, 6.45) is -1.56. The van der Waals surface area contributed by atoms with Crippen LogP contribution in [-0.2, 0) is 11.0 Å². The molecule has 0 unspecified atom stereocenters. The number of nitrogens with zero attached hydrogens (tertiary/aromatic N) is 2. The van der Waals surface area contributed by atoms with Crippen molar-refractivity contribution in [2.24, 2.45) is 11.7 Å². The first-order valence-corrected chi connectivity index (χ1v) is 12.0. The average molecular weight is 518 g/mol. The molecule has 1 aromatic carbocycles. The van der Waals surface area contributed by atoms with E-state index in [9.17, 15) is 22.8 Å². The third-order valence-corrected chi connectivity index (χ3v) is 6.61. The summed E-state index contributed by atoms with van der Waals surface area (Å²) >= 11 is 0. The van der Waals surface area contributed by atoms with E-state index in [4.69, 9.17) is 14.9 Å². The number of hydrogen-bond donors (Lipinski definition) is 3. The van der Waals surface area contributed by atoms with Gasteiger partial charge in [-0.25, -0.2) is 9.97 Å². The SMILES string of the molecule is COc1ccc(-c2nc(C(=O)N[C@H]3C[C@H](NC(=O)C4CC4)C3)c([C@H](C)N)o2)c2ccc(C(F)(F)F)nc12. The smallest absolute Gasteiger partial charge is 0.433 e. The largest absolute Gasteiger partial charge is 0.494 e. The Hall–Kier alpha value is -3.67. The maximum Gasteiger partial charge on any atom is 0.433 e. The Labute approximate surface area is 210 Å². The topological polar surface area (TPSA) is 132 Å². The summed E-state index contributed by atoms with van der Waals surface area (Å²) in [5.74, 6) is 0.0348. The van der Waals surface area contributed by atoms with Crippen molar-refractivity contribution in [1.82, 2.24) is 20.6 Å². The van der Waals surface area contributed by atoms with Crippen LogP contribution in [0.4, 0.5) is 13.2 Å². The molecular formula is C25H26F3N5O4. The number of fused-ring (bicyclic) bond motifs is 1. The van der Waals surface area contributed by atoms with Crippen molar-refractivity contribution < 1.29 is 31.9 Å². The molecule has 9 nitrogen and oxygen atoms in total. The van der Waals surface area contributed by atoms with Gasteiger partial charge in [-0.1, -0.05) is 0 Å². The van der Waals surface area contributed by atoms with E-state index in [1.807, 2.05) is 0 Å². The Morgan fingerprint density at radius 1 is 1.11 bits per heavy atom. The third-order valence-electron chi connectivity index (χ3n) is 6.61. The summed E-state index contributed by atoms with van der Waals surface area (Å²) in [7, 11) is 1.33. The van der Waals surface area contributed by atoms with Crippen LogP contribution in [0.2, 0.25) is 0 Å². The summed E-state index contributed by atoms with van der Waals surface area (Å²) in [6.45, 7) is 1.64. The number of nitrogens with two attached hydrogens (primary N) is 1. The zero-order valence-corrected chi connectivity index (χ0v) is 20.2. The van der Waals surface area contributed by atoms with Crippen LogP contribution in [0.1, 0.15) is 60.6 Å². The van der Waals surface area contributed by atoms with Gasteiger partial charge in [0.25, 0.3) is 5.91 Å². The van der Waals surface area contributed by atoms with Crippen LogP contribution in [0.5, 0.6) is 5.75 Å². The number of rotatable bonds is 7. The van der Waals surface area contributed by atoms with Crippen molar-refractivity contribution in [3.05, 3.63) is 41.4 Å². The first kappa shape index (κ1) is 25.0. The second-order valence-corrected chi connectivity index (χ2v) is 9.55. The minimum atomic E-state index is -4.63. The van der Waals surface area contributed by atoms with Crippen LogP contribution >= 0.6 is 0 Å². The Bertz CT molecular complexity index is 1360. The summed E-state index contributed by atoms with van der Waals surface area (Å²) in [5.41, 5.74) is 5.29. The van der Waals surface area contributed by atoms with Crippen LogP contribution in [0.25, 0.3) is 22.4 Å². The number of hydrogen-bond acceptors (Lipinski definition) is 7. The number of carbonyl (C=O) groups is 2. The molecule has 2 fully saturated rings. The van der Waals surface area contributed by atoms with Gasteiger partial charge in [-0.2, -0.15) is 13.2 Å². The number of aromatic nitrogens is 2. The zero-order chi connectivity index (χ0) is 26.5. The maximum absolute atomic E-state index is 13.3. The Balaban J connectivity index is 1.40. The van der Waals surface area contributed by atoms with Crippen LogP contribution in [0.3, 0.4) is 0 Å². The van der Waals surface area contributed by atoms with E-state index in [-0.39, 0.29) is 52.5 Å². The highest BCUT2D eigenvalue weighted by Gasteiger charge is 2.37. The molecule has 0 saturated heterocycles. The number of alkyl halides is 3. The van der Waals surface area contributed by atoms with Gasteiger partial charge in [-0.05, 0) is 56.9 Å². The molecule has 3 aromatic rings. The molecule has 12 heteroatoms. The van der Waals surface area contributed by atoms with E-state index in [1.54, 1.807) is 13.0 Å². The molecule has 2 heterocycles. The third kappa shape index (κ3) is 4.97. The van der Waals surface area contributed by atoms with Crippen LogP contribution in [0.15, 0.2) is 28.7 Å². The van der Waals surface area contributed by atoms with Crippen molar-refractivity contribution in [3.63, 3.8) is 0 Å². The minimum Gasteiger partial charge on any atom is -0.494 e. The van der Waals surface area contributed by atoms with Gasteiger partial charge in [0.2, 0.25) is 11.8 Å². The molecule has 2 saturated carbocycles. The van der Waals surface area contributed by atoms with Crippen molar-refractivity contribution in [2.45, 2.75) is 56.9 Å². The monoisotopic (exact) mass is 517 g/mol. The van der Waals surface area contributed by atoms with E-state index < -0.39 is 23.8 Å². The zero-order valence-electron chi connectivity index (χ0n) is 20.2. The van der Waals surface area contributed by atoms with Crippen LogP contribution < -0.4 is 21.1 Å². The predicted molar refractivity (Wildman–Crippen MR) is 127 cm³/mol. The molecular weight excluding hydrogens is 491 g/mol. The summed E-state index contributed by atoms with van der Waals surface area (Å²) in [5, 5.41) is 6.19. The molecule has 196 valence electrons. The molecule has 2 aromatic heterocycles. The highest BCUT2D eigenvalue weighted by molar-refractivity contribution is 5.98. The lowest BCUT2D eigenvalue weighted by Crippen LogP contribution is -2.54. The van der Waals surface area contributed by atoms with Crippen molar-refractivity contribution in [3.8, 4) is 17.2 Å². The van der Waals surface area contributed by atoms with Crippen LogP contribution in [-0.4, -0.2) is 41.0 Å². The van der Waals surface area contributed by atoms with E-state index in [1.165, 1.54) is 19.2 Å². The molecule has 0 spiro atoms. The first-order valence-electron chi connectivity index (χ1n) is 12.0. The Morgan fingerprint density at radius 3 is 2.43 bits per heavy atom. The number of nitrogens with one attached hydrogen (secondary N) is 2. The van der Waals surface area contributed by atoms with Gasteiger partial charge in [0.15, 0.2) is 11.5 Å².